The van der Waals surface area contributed by atoms with Gasteiger partial charge in [0.05, 0.1) is 0 Å². The summed E-state index contributed by atoms with van der Waals surface area (Å²) in [4.78, 5) is 2.11. The van der Waals surface area contributed by atoms with Crippen LogP contribution >= 0.6 is 0 Å². The molecule has 1 aromatic rings. The predicted molar refractivity (Wildman–Crippen MR) is 87.3 cm³/mol. The molecule has 0 saturated heterocycles. The van der Waals surface area contributed by atoms with Gasteiger partial charge in [-0.3, -0.25) is 0 Å². The summed E-state index contributed by atoms with van der Waals surface area (Å²) in [7, 11) is 4.09. The molecule has 0 aliphatic heterocycles. The van der Waals surface area contributed by atoms with E-state index in [0.717, 1.165) is 25.4 Å². The number of hydrogen-bond donors (Lipinski definition) is 1. The van der Waals surface area contributed by atoms with E-state index < -0.39 is 0 Å². The van der Waals surface area contributed by atoms with Crippen LogP contribution in [0.1, 0.15) is 26.3 Å². The number of hydrogen-bond acceptors (Lipinski definition) is 3. The summed E-state index contributed by atoms with van der Waals surface area (Å²) in [6.45, 7) is 9.05. The van der Waals surface area contributed by atoms with E-state index in [1.807, 2.05) is 26.2 Å². The molecule has 1 aromatic carbocycles. The molecular formula is C17H28N2O. The molecule has 0 bridgehead atoms. The van der Waals surface area contributed by atoms with Crippen LogP contribution in [0.25, 0.3) is 6.08 Å². The van der Waals surface area contributed by atoms with Crippen LogP contribution in [0.5, 0.6) is 5.75 Å². The van der Waals surface area contributed by atoms with Gasteiger partial charge in [-0.25, -0.2) is 0 Å². The molecule has 0 aromatic heterocycles. The normalized spacial score (nSPS) is 12.2. The fourth-order valence-electron chi connectivity index (χ4n) is 1.71. The average molecular weight is 276 g/mol. The highest BCUT2D eigenvalue weighted by Gasteiger charge is 1.97. The SMILES string of the molecule is CC(=Cc1ccc(OCCN(C)C)cc1)CNC(C)C. The van der Waals surface area contributed by atoms with E-state index in [1.54, 1.807) is 0 Å². The zero-order chi connectivity index (χ0) is 15.0. The van der Waals surface area contributed by atoms with Crippen molar-refractivity contribution in [2.75, 3.05) is 33.8 Å². The van der Waals surface area contributed by atoms with Crippen LogP contribution in [-0.4, -0.2) is 44.7 Å². The number of benzene rings is 1. The maximum absolute atomic E-state index is 5.68. The first-order valence-corrected chi connectivity index (χ1v) is 7.25. The Morgan fingerprint density at radius 2 is 1.90 bits per heavy atom. The number of rotatable bonds is 8. The molecule has 1 N–H and O–H groups in total. The number of ether oxygens (including phenoxy) is 1. The molecule has 0 aliphatic rings. The first-order chi connectivity index (χ1) is 9.47. The highest BCUT2D eigenvalue weighted by Crippen LogP contribution is 2.14. The van der Waals surface area contributed by atoms with Gasteiger partial charge >= 0.3 is 0 Å². The zero-order valence-corrected chi connectivity index (χ0v) is 13.4. The van der Waals surface area contributed by atoms with Gasteiger partial charge in [-0.15, -0.1) is 0 Å². The second kappa shape index (κ2) is 8.77. The molecular weight excluding hydrogens is 248 g/mol. The van der Waals surface area contributed by atoms with Crippen molar-refractivity contribution in [1.29, 1.82) is 0 Å². The van der Waals surface area contributed by atoms with Crippen molar-refractivity contribution in [3.05, 3.63) is 35.4 Å². The zero-order valence-electron chi connectivity index (χ0n) is 13.4. The fourth-order valence-corrected chi connectivity index (χ4v) is 1.71. The minimum atomic E-state index is 0.519. The third-order valence-corrected chi connectivity index (χ3v) is 2.89. The first kappa shape index (κ1) is 16.7. The van der Waals surface area contributed by atoms with Gasteiger partial charge < -0.3 is 15.0 Å². The van der Waals surface area contributed by atoms with Crippen molar-refractivity contribution in [3.63, 3.8) is 0 Å². The van der Waals surface area contributed by atoms with Crippen LogP contribution < -0.4 is 10.1 Å². The summed E-state index contributed by atoms with van der Waals surface area (Å²) in [6, 6.07) is 8.79. The average Bonchev–Trinajstić information content (AvgIpc) is 2.38. The number of nitrogens with one attached hydrogen (secondary N) is 1. The molecule has 0 unspecified atom stereocenters. The summed E-state index contributed by atoms with van der Waals surface area (Å²) in [5.41, 5.74) is 2.55. The maximum atomic E-state index is 5.68. The van der Waals surface area contributed by atoms with E-state index in [4.69, 9.17) is 4.74 Å². The molecule has 3 nitrogen and oxygen atoms in total. The highest BCUT2D eigenvalue weighted by atomic mass is 16.5. The minimum Gasteiger partial charge on any atom is -0.492 e. The van der Waals surface area contributed by atoms with Gasteiger partial charge in [0.15, 0.2) is 0 Å². The molecule has 0 amide bonds. The Kier molecular flexibility index (Phi) is 7.34. The number of likely N-dealkylation sites (N-methyl/N-ethyl adjacent to an activating group) is 1. The molecule has 20 heavy (non-hydrogen) atoms. The van der Waals surface area contributed by atoms with E-state index >= 15 is 0 Å². The molecule has 3 heteroatoms. The van der Waals surface area contributed by atoms with Crippen molar-refractivity contribution in [2.45, 2.75) is 26.8 Å². The van der Waals surface area contributed by atoms with Crippen LogP contribution in [0.4, 0.5) is 0 Å². The van der Waals surface area contributed by atoms with E-state index in [9.17, 15) is 0 Å². The van der Waals surface area contributed by atoms with Gasteiger partial charge in [0.2, 0.25) is 0 Å². The summed E-state index contributed by atoms with van der Waals surface area (Å²) in [5, 5.41) is 3.42. The predicted octanol–water partition coefficient (Wildman–Crippen LogP) is 3.03. The Hall–Kier alpha value is -1.32. The van der Waals surface area contributed by atoms with Crippen molar-refractivity contribution in [3.8, 4) is 5.75 Å². The highest BCUT2D eigenvalue weighted by molar-refractivity contribution is 5.53. The minimum absolute atomic E-state index is 0.519. The molecule has 1 rings (SSSR count). The van der Waals surface area contributed by atoms with Crippen molar-refractivity contribution >= 4 is 6.08 Å². The van der Waals surface area contributed by atoms with Crippen LogP contribution in [0.2, 0.25) is 0 Å². The third kappa shape index (κ3) is 7.31. The van der Waals surface area contributed by atoms with Gasteiger partial charge in [0, 0.05) is 19.1 Å². The molecule has 0 spiro atoms. The molecule has 0 heterocycles. The monoisotopic (exact) mass is 276 g/mol. The lowest BCUT2D eigenvalue weighted by atomic mass is 10.1. The second-order valence-corrected chi connectivity index (χ2v) is 5.75. The summed E-state index contributed by atoms with van der Waals surface area (Å²) in [5.74, 6) is 0.932. The molecule has 0 saturated carbocycles. The van der Waals surface area contributed by atoms with Crippen molar-refractivity contribution in [2.24, 2.45) is 0 Å². The molecule has 0 atom stereocenters. The third-order valence-electron chi connectivity index (χ3n) is 2.89. The number of nitrogens with zero attached hydrogens (tertiary/aromatic N) is 1. The topological polar surface area (TPSA) is 24.5 Å². The Bertz CT molecular complexity index is 408. The maximum Gasteiger partial charge on any atom is 0.119 e. The van der Waals surface area contributed by atoms with Crippen LogP contribution in [-0.2, 0) is 0 Å². The Balaban J connectivity index is 2.47. The lowest BCUT2D eigenvalue weighted by molar-refractivity contribution is 0.261. The van der Waals surface area contributed by atoms with E-state index in [0.29, 0.717) is 6.04 Å². The van der Waals surface area contributed by atoms with Crippen LogP contribution in [0, 0.1) is 0 Å². The van der Waals surface area contributed by atoms with Gasteiger partial charge in [-0.2, -0.15) is 0 Å². The Labute approximate surface area is 123 Å². The largest absolute Gasteiger partial charge is 0.492 e. The van der Waals surface area contributed by atoms with Gasteiger partial charge in [0.25, 0.3) is 0 Å². The summed E-state index contributed by atoms with van der Waals surface area (Å²) < 4.78 is 5.68. The Morgan fingerprint density at radius 3 is 2.45 bits per heavy atom. The summed E-state index contributed by atoms with van der Waals surface area (Å²) in [6.07, 6.45) is 2.21. The molecule has 112 valence electrons. The van der Waals surface area contributed by atoms with E-state index in [-0.39, 0.29) is 0 Å². The Morgan fingerprint density at radius 1 is 1.25 bits per heavy atom. The first-order valence-electron chi connectivity index (χ1n) is 7.25. The lowest BCUT2D eigenvalue weighted by Gasteiger charge is -2.11. The van der Waals surface area contributed by atoms with Crippen LogP contribution in [0.3, 0.4) is 0 Å². The van der Waals surface area contributed by atoms with E-state index in [2.05, 4.69) is 49.2 Å². The van der Waals surface area contributed by atoms with Crippen LogP contribution in [0.15, 0.2) is 29.8 Å². The summed E-state index contributed by atoms with van der Waals surface area (Å²) >= 11 is 0. The van der Waals surface area contributed by atoms with Gasteiger partial charge in [0.1, 0.15) is 12.4 Å². The van der Waals surface area contributed by atoms with Crippen molar-refractivity contribution < 1.29 is 4.74 Å². The second-order valence-electron chi connectivity index (χ2n) is 5.75. The smallest absolute Gasteiger partial charge is 0.119 e. The molecule has 0 fully saturated rings. The molecule has 0 aliphatic carbocycles. The van der Waals surface area contributed by atoms with Gasteiger partial charge in [-0.1, -0.05) is 37.6 Å². The van der Waals surface area contributed by atoms with Crippen molar-refractivity contribution in [1.82, 2.24) is 10.2 Å². The van der Waals surface area contributed by atoms with E-state index in [1.165, 1.54) is 11.1 Å². The standard InChI is InChI=1S/C17H28N2O/c1-14(2)18-13-15(3)12-16-6-8-17(9-7-16)20-11-10-19(4)5/h6-9,12,14,18H,10-11,13H2,1-5H3. The quantitative estimate of drug-likeness (QED) is 0.790. The van der Waals surface area contributed by atoms with Gasteiger partial charge in [-0.05, 0) is 38.7 Å². The molecule has 0 radical (unpaired) electrons. The fraction of sp³-hybridized carbons (Fsp3) is 0.529. The lowest BCUT2D eigenvalue weighted by Crippen LogP contribution is -2.24.